The van der Waals surface area contributed by atoms with Crippen molar-refractivity contribution in [2.75, 3.05) is 46.2 Å². The number of nitrogens with zero attached hydrogens (tertiary/aromatic N) is 5. The Labute approximate surface area is 304 Å². The number of amides is 4. The number of oxime groups is 1. The van der Waals surface area contributed by atoms with Crippen LogP contribution in [-0.4, -0.2) is 107 Å². The lowest BCUT2D eigenvalue weighted by Crippen LogP contribution is -2.54. The molecule has 1 atom stereocenters. The third-order valence-corrected chi connectivity index (χ3v) is 9.32. The second-order valence-corrected chi connectivity index (χ2v) is 12.6. The Kier molecular flexibility index (Phi) is 10.9. The summed E-state index contributed by atoms with van der Waals surface area (Å²) in [5, 5.41) is 19.8. The molecule has 0 radical (unpaired) electrons. The van der Waals surface area contributed by atoms with Gasteiger partial charge in [-0.05, 0) is 54.7 Å². The SMILES string of the molecule is O=C1CCC(N2C(=O)c3cccc(OCCOCCOCCOCCn4cc(-c5ccc6c(c5)CC/C6=N\O)c(-c5ccncc5)n4)c3C2=O)C(=O)N1. The molecule has 15 heteroatoms. The number of carbonyl (C=O) groups excluding carboxylic acids is 4. The van der Waals surface area contributed by atoms with Gasteiger partial charge < -0.3 is 24.2 Å². The third kappa shape index (κ3) is 7.72. The molecule has 2 aromatic heterocycles. The van der Waals surface area contributed by atoms with Crippen LogP contribution in [-0.2, 0) is 36.8 Å². The summed E-state index contributed by atoms with van der Waals surface area (Å²) in [6.45, 7) is 2.79. The minimum atomic E-state index is -1.04. The van der Waals surface area contributed by atoms with Crippen LogP contribution in [0.3, 0.4) is 0 Å². The molecule has 7 rings (SSSR count). The van der Waals surface area contributed by atoms with Gasteiger partial charge in [-0.15, -0.1) is 0 Å². The van der Waals surface area contributed by atoms with Crippen molar-refractivity contribution >= 4 is 29.3 Å². The van der Waals surface area contributed by atoms with Gasteiger partial charge in [-0.1, -0.05) is 29.4 Å². The molecule has 2 aromatic carbocycles. The van der Waals surface area contributed by atoms with Crippen molar-refractivity contribution in [1.29, 1.82) is 0 Å². The highest BCUT2D eigenvalue weighted by atomic mass is 16.6. The Morgan fingerprint density at radius 3 is 2.30 bits per heavy atom. The molecule has 0 saturated carbocycles. The van der Waals surface area contributed by atoms with Gasteiger partial charge in [0.15, 0.2) is 0 Å². The maximum absolute atomic E-state index is 13.2. The summed E-state index contributed by atoms with van der Waals surface area (Å²) in [5.74, 6) is -2.08. The van der Waals surface area contributed by atoms with Crippen molar-refractivity contribution in [2.24, 2.45) is 5.16 Å². The first-order valence-corrected chi connectivity index (χ1v) is 17.5. The number of aryl methyl sites for hydroxylation is 1. The minimum Gasteiger partial charge on any atom is -0.490 e. The van der Waals surface area contributed by atoms with E-state index in [0.29, 0.717) is 45.3 Å². The van der Waals surface area contributed by atoms with Crippen LogP contribution in [0.1, 0.15) is 51.1 Å². The van der Waals surface area contributed by atoms with Crippen LogP contribution in [0.4, 0.5) is 0 Å². The maximum atomic E-state index is 13.2. The van der Waals surface area contributed by atoms with Crippen molar-refractivity contribution < 1.29 is 43.3 Å². The van der Waals surface area contributed by atoms with Crippen LogP contribution in [0.15, 0.2) is 72.3 Å². The number of imide groups is 2. The van der Waals surface area contributed by atoms with Gasteiger partial charge in [0.25, 0.3) is 11.8 Å². The van der Waals surface area contributed by atoms with Crippen molar-refractivity contribution in [3.05, 3.63) is 89.4 Å². The fraction of sp³-hybridized carbons (Fsp3) is 0.342. The topological polar surface area (TPSA) is 184 Å². The molecule has 2 aliphatic heterocycles. The lowest BCUT2D eigenvalue weighted by atomic mass is 9.98. The molecule has 4 heterocycles. The third-order valence-electron chi connectivity index (χ3n) is 9.32. The van der Waals surface area contributed by atoms with Gasteiger partial charge in [-0.3, -0.25) is 39.1 Å². The monoisotopic (exact) mass is 722 g/mol. The molecule has 3 aliphatic rings. The maximum Gasteiger partial charge on any atom is 0.266 e. The predicted octanol–water partition coefficient (Wildman–Crippen LogP) is 3.27. The van der Waals surface area contributed by atoms with E-state index in [0.717, 1.165) is 51.3 Å². The Morgan fingerprint density at radius 1 is 0.792 bits per heavy atom. The number of fused-ring (bicyclic) bond motifs is 2. The Balaban J connectivity index is 0.812. The standard InChI is InChI=1S/C38H38N6O9/c45-33-9-8-31(36(46)40-33)44-37(47)28-2-1-3-32(34(28)38(44)48)53-21-20-52-19-18-51-17-16-50-15-14-43-23-29(35(41-43)24-10-12-39-13-11-24)26-4-6-27-25(22-26)5-7-30(27)42-49/h1-4,6,10-13,22-23,31,49H,5,7-9,14-21H2,(H,40,45,46)/b42-30+. The van der Waals surface area contributed by atoms with E-state index in [1.54, 1.807) is 24.5 Å². The van der Waals surface area contributed by atoms with Gasteiger partial charge in [-0.25, -0.2) is 0 Å². The second-order valence-electron chi connectivity index (χ2n) is 12.6. The van der Waals surface area contributed by atoms with Gasteiger partial charge in [0.1, 0.15) is 24.1 Å². The normalized spacial score (nSPS) is 17.4. The Bertz CT molecular complexity index is 2050. The van der Waals surface area contributed by atoms with Crippen LogP contribution in [0.2, 0.25) is 0 Å². The first-order valence-electron chi connectivity index (χ1n) is 17.5. The average Bonchev–Trinajstić information content (AvgIpc) is 3.86. The van der Waals surface area contributed by atoms with Crippen LogP contribution in [0, 0.1) is 0 Å². The molecule has 274 valence electrons. The van der Waals surface area contributed by atoms with E-state index in [1.165, 1.54) is 6.07 Å². The van der Waals surface area contributed by atoms with E-state index >= 15 is 0 Å². The van der Waals surface area contributed by atoms with Gasteiger partial charge in [0.2, 0.25) is 11.8 Å². The summed E-state index contributed by atoms with van der Waals surface area (Å²) in [6, 6.07) is 13.7. The predicted molar refractivity (Wildman–Crippen MR) is 189 cm³/mol. The van der Waals surface area contributed by atoms with Crippen LogP contribution < -0.4 is 10.1 Å². The first-order chi connectivity index (χ1) is 25.9. The summed E-state index contributed by atoms with van der Waals surface area (Å²) < 4.78 is 24.7. The van der Waals surface area contributed by atoms with Crippen LogP contribution in [0.25, 0.3) is 22.4 Å². The molecule has 1 unspecified atom stereocenters. The Hall–Kier alpha value is -5.77. The molecule has 15 nitrogen and oxygen atoms in total. The highest BCUT2D eigenvalue weighted by Gasteiger charge is 2.46. The number of hydrogen-bond donors (Lipinski definition) is 2. The molecule has 4 amide bonds. The number of rotatable bonds is 16. The van der Waals surface area contributed by atoms with Crippen LogP contribution in [0.5, 0.6) is 5.75 Å². The number of benzene rings is 2. The van der Waals surface area contributed by atoms with Crippen molar-refractivity contribution in [3.8, 4) is 28.1 Å². The summed E-state index contributed by atoms with van der Waals surface area (Å²) >= 11 is 0. The number of nitrogens with one attached hydrogen (secondary N) is 1. The zero-order valence-corrected chi connectivity index (χ0v) is 28.9. The summed E-state index contributed by atoms with van der Waals surface area (Å²) in [6.07, 6.45) is 7.19. The van der Waals surface area contributed by atoms with E-state index in [4.69, 9.17) is 24.0 Å². The highest BCUT2D eigenvalue weighted by Crippen LogP contribution is 2.35. The zero-order chi connectivity index (χ0) is 36.7. The van der Waals surface area contributed by atoms with Gasteiger partial charge >= 0.3 is 0 Å². The Morgan fingerprint density at radius 2 is 1.55 bits per heavy atom. The zero-order valence-electron chi connectivity index (χ0n) is 28.9. The average molecular weight is 723 g/mol. The number of aromatic nitrogens is 3. The van der Waals surface area contributed by atoms with Gasteiger partial charge in [0.05, 0.1) is 63.0 Å². The van der Waals surface area contributed by atoms with Gasteiger partial charge in [-0.2, -0.15) is 5.10 Å². The fourth-order valence-electron chi connectivity index (χ4n) is 6.73. The highest BCUT2D eigenvalue weighted by molar-refractivity contribution is 6.24. The summed E-state index contributed by atoms with van der Waals surface area (Å²) in [7, 11) is 0. The quantitative estimate of drug-likeness (QED) is 0.0749. The lowest BCUT2D eigenvalue weighted by Gasteiger charge is -2.27. The van der Waals surface area contributed by atoms with E-state index in [1.807, 2.05) is 35.1 Å². The molecule has 53 heavy (non-hydrogen) atoms. The number of ether oxygens (including phenoxy) is 4. The molecule has 1 aliphatic carbocycles. The first kappa shape index (κ1) is 35.6. The van der Waals surface area contributed by atoms with Crippen molar-refractivity contribution in [3.63, 3.8) is 0 Å². The molecular formula is C38H38N6O9. The largest absolute Gasteiger partial charge is 0.490 e. The van der Waals surface area contributed by atoms with Crippen molar-refractivity contribution in [2.45, 2.75) is 38.3 Å². The molecule has 0 bridgehead atoms. The number of pyridine rings is 1. The number of hydrogen-bond acceptors (Lipinski definition) is 12. The number of piperidine rings is 1. The lowest BCUT2D eigenvalue weighted by molar-refractivity contribution is -0.136. The second kappa shape index (κ2) is 16.3. The summed E-state index contributed by atoms with van der Waals surface area (Å²) in [5.41, 5.74) is 6.95. The fourth-order valence-corrected chi connectivity index (χ4v) is 6.73. The van der Waals surface area contributed by atoms with Gasteiger partial charge in [0, 0.05) is 41.7 Å². The smallest absolute Gasteiger partial charge is 0.266 e. The number of carbonyl (C=O) groups is 4. The van der Waals surface area contributed by atoms with Crippen molar-refractivity contribution in [1.82, 2.24) is 25.0 Å². The molecular weight excluding hydrogens is 684 g/mol. The van der Waals surface area contributed by atoms with E-state index in [-0.39, 0.29) is 42.9 Å². The van der Waals surface area contributed by atoms with Crippen LogP contribution >= 0.6 is 0 Å². The minimum absolute atomic E-state index is 0.0475. The molecule has 2 N–H and O–H groups in total. The molecule has 4 aromatic rings. The summed E-state index contributed by atoms with van der Waals surface area (Å²) in [4.78, 5) is 55.1. The van der Waals surface area contributed by atoms with E-state index in [9.17, 15) is 24.4 Å². The molecule has 1 saturated heterocycles. The van der Waals surface area contributed by atoms with E-state index in [2.05, 4.69) is 21.5 Å². The molecule has 0 spiro atoms. The van der Waals surface area contributed by atoms with E-state index < -0.39 is 29.7 Å². The molecule has 1 fully saturated rings.